The second-order valence-corrected chi connectivity index (χ2v) is 5.25. The largest absolute Gasteiger partial charge is 0.417 e. The molecule has 4 N–H and O–H groups in total. The number of alkyl halides is 3. The molecule has 0 radical (unpaired) electrons. The molecular weight excluding hydrogens is 283 g/mol. The van der Waals surface area contributed by atoms with Gasteiger partial charge in [0.05, 0.1) is 5.56 Å². The maximum absolute atomic E-state index is 13.1. The predicted molar refractivity (Wildman–Crippen MR) is 74.5 cm³/mol. The molecule has 0 atom stereocenters. The van der Waals surface area contributed by atoms with Gasteiger partial charge in [-0.3, -0.25) is 5.41 Å². The van der Waals surface area contributed by atoms with E-state index in [4.69, 9.17) is 16.2 Å². The number of hydrogen-bond acceptors (Lipinski definition) is 3. The second kappa shape index (κ2) is 5.93. The summed E-state index contributed by atoms with van der Waals surface area (Å²) in [6.45, 7) is 1.34. The summed E-state index contributed by atoms with van der Waals surface area (Å²) in [5.41, 5.74) is 4.52. The number of halogens is 3. The Kier molecular flexibility index (Phi) is 4.41. The van der Waals surface area contributed by atoms with Crippen molar-refractivity contribution in [2.24, 2.45) is 11.7 Å². The molecule has 0 aliphatic carbocycles. The normalized spacial score (nSPS) is 17.0. The van der Waals surface area contributed by atoms with Gasteiger partial charge < -0.3 is 15.7 Å². The Labute approximate surface area is 120 Å². The minimum Gasteiger partial charge on any atom is -0.396 e. The molecule has 0 bridgehead atoms. The summed E-state index contributed by atoms with van der Waals surface area (Å²) in [6, 6.07) is 3.86. The standard InChI is InChI=1S/C14H18F3N3O/c15-14(16,17)12-7-10(1-2-11(12)13(18)19)20-5-3-9(8-21)4-6-20/h1-2,7,9,21H,3-6,8H2,(H3,18,19). The molecule has 1 aliphatic heterocycles. The zero-order valence-electron chi connectivity index (χ0n) is 11.5. The van der Waals surface area contributed by atoms with E-state index in [1.807, 2.05) is 4.90 Å². The molecule has 0 unspecified atom stereocenters. The molecule has 1 fully saturated rings. The summed E-state index contributed by atoms with van der Waals surface area (Å²) < 4.78 is 39.2. The summed E-state index contributed by atoms with van der Waals surface area (Å²) >= 11 is 0. The lowest BCUT2D eigenvalue weighted by Gasteiger charge is -2.33. The Balaban J connectivity index is 2.28. The minimum atomic E-state index is -4.54. The van der Waals surface area contributed by atoms with Crippen LogP contribution in [0.4, 0.5) is 18.9 Å². The van der Waals surface area contributed by atoms with E-state index < -0.39 is 17.6 Å². The molecule has 116 valence electrons. The average molecular weight is 301 g/mol. The van der Waals surface area contributed by atoms with Crippen LogP contribution in [-0.2, 0) is 6.18 Å². The van der Waals surface area contributed by atoms with E-state index in [2.05, 4.69) is 0 Å². The third kappa shape index (κ3) is 3.47. The van der Waals surface area contributed by atoms with Crippen molar-refractivity contribution in [3.8, 4) is 0 Å². The number of aliphatic hydroxyl groups excluding tert-OH is 1. The van der Waals surface area contributed by atoms with Crippen LogP contribution in [0.5, 0.6) is 0 Å². The first-order valence-corrected chi connectivity index (χ1v) is 6.74. The maximum atomic E-state index is 13.1. The molecule has 1 heterocycles. The number of nitrogens with two attached hydrogens (primary N) is 1. The van der Waals surface area contributed by atoms with Crippen molar-refractivity contribution < 1.29 is 18.3 Å². The Bertz CT molecular complexity index is 523. The molecule has 4 nitrogen and oxygen atoms in total. The van der Waals surface area contributed by atoms with Gasteiger partial charge in [0.2, 0.25) is 0 Å². The number of aliphatic hydroxyl groups is 1. The molecule has 0 spiro atoms. The van der Waals surface area contributed by atoms with Gasteiger partial charge in [0, 0.05) is 30.9 Å². The van der Waals surface area contributed by atoms with E-state index in [-0.39, 0.29) is 18.1 Å². The predicted octanol–water partition coefficient (Wildman–Crippen LogP) is 2.20. The van der Waals surface area contributed by atoms with Gasteiger partial charge in [-0.05, 0) is 37.0 Å². The third-order valence-corrected chi connectivity index (χ3v) is 3.84. The molecule has 7 heteroatoms. The highest BCUT2D eigenvalue weighted by Gasteiger charge is 2.35. The zero-order valence-corrected chi connectivity index (χ0v) is 11.5. The van der Waals surface area contributed by atoms with Crippen LogP contribution in [0.3, 0.4) is 0 Å². The number of benzene rings is 1. The maximum Gasteiger partial charge on any atom is 0.417 e. The topological polar surface area (TPSA) is 73.3 Å². The number of piperidine rings is 1. The minimum absolute atomic E-state index is 0.116. The van der Waals surface area contributed by atoms with Crippen LogP contribution in [0.15, 0.2) is 18.2 Å². The van der Waals surface area contributed by atoms with E-state index in [0.717, 1.165) is 18.9 Å². The Hall–Kier alpha value is -1.76. The highest BCUT2D eigenvalue weighted by Crippen LogP contribution is 2.35. The van der Waals surface area contributed by atoms with E-state index >= 15 is 0 Å². The first-order valence-electron chi connectivity index (χ1n) is 6.74. The summed E-state index contributed by atoms with van der Waals surface area (Å²) in [7, 11) is 0. The van der Waals surface area contributed by atoms with E-state index in [1.54, 1.807) is 6.07 Å². The number of hydrogen-bond donors (Lipinski definition) is 3. The average Bonchev–Trinajstić information content (AvgIpc) is 2.45. The molecule has 0 amide bonds. The fourth-order valence-electron chi connectivity index (χ4n) is 2.57. The lowest BCUT2D eigenvalue weighted by molar-refractivity contribution is -0.137. The van der Waals surface area contributed by atoms with Gasteiger partial charge in [0.15, 0.2) is 0 Å². The van der Waals surface area contributed by atoms with E-state index in [0.29, 0.717) is 18.8 Å². The molecule has 1 aromatic rings. The van der Waals surface area contributed by atoms with Crippen molar-refractivity contribution in [3.63, 3.8) is 0 Å². The van der Waals surface area contributed by atoms with Crippen molar-refractivity contribution in [2.45, 2.75) is 19.0 Å². The fraction of sp³-hybridized carbons (Fsp3) is 0.500. The Morgan fingerprint density at radius 3 is 2.43 bits per heavy atom. The van der Waals surface area contributed by atoms with Crippen LogP contribution in [0.1, 0.15) is 24.0 Å². The van der Waals surface area contributed by atoms with Gasteiger partial charge in [-0.1, -0.05) is 0 Å². The lowest BCUT2D eigenvalue weighted by atomic mass is 9.96. The lowest BCUT2D eigenvalue weighted by Crippen LogP contribution is -2.35. The summed E-state index contributed by atoms with van der Waals surface area (Å²) in [5, 5.41) is 16.4. The Morgan fingerprint density at radius 1 is 1.33 bits per heavy atom. The fourth-order valence-corrected chi connectivity index (χ4v) is 2.57. The molecule has 21 heavy (non-hydrogen) atoms. The van der Waals surface area contributed by atoms with Gasteiger partial charge in [-0.2, -0.15) is 13.2 Å². The van der Waals surface area contributed by atoms with Crippen molar-refractivity contribution in [1.29, 1.82) is 5.41 Å². The second-order valence-electron chi connectivity index (χ2n) is 5.25. The van der Waals surface area contributed by atoms with Crippen molar-refractivity contribution in [3.05, 3.63) is 29.3 Å². The van der Waals surface area contributed by atoms with Crippen LogP contribution in [0.25, 0.3) is 0 Å². The number of amidine groups is 1. The van der Waals surface area contributed by atoms with Crippen LogP contribution in [0.2, 0.25) is 0 Å². The van der Waals surface area contributed by atoms with Gasteiger partial charge in [-0.25, -0.2) is 0 Å². The Morgan fingerprint density at radius 2 is 1.95 bits per heavy atom. The van der Waals surface area contributed by atoms with Crippen LogP contribution >= 0.6 is 0 Å². The van der Waals surface area contributed by atoms with Crippen LogP contribution < -0.4 is 10.6 Å². The number of rotatable bonds is 3. The first kappa shape index (κ1) is 15.6. The summed E-state index contributed by atoms with van der Waals surface area (Å²) in [4.78, 5) is 1.87. The SMILES string of the molecule is N=C(N)c1ccc(N2CCC(CO)CC2)cc1C(F)(F)F. The number of nitrogens with one attached hydrogen (secondary N) is 1. The molecule has 0 aromatic heterocycles. The highest BCUT2D eigenvalue weighted by atomic mass is 19.4. The molecular formula is C14H18F3N3O. The van der Waals surface area contributed by atoms with Crippen molar-refractivity contribution in [2.75, 3.05) is 24.6 Å². The third-order valence-electron chi connectivity index (χ3n) is 3.84. The van der Waals surface area contributed by atoms with Crippen molar-refractivity contribution in [1.82, 2.24) is 0 Å². The quantitative estimate of drug-likeness (QED) is 0.592. The number of anilines is 1. The summed E-state index contributed by atoms with van der Waals surface area (Å²) in [6.07, 6.45) is -3.03. The smallest absolute Gasteiger partial charge is 0.396 e. The molecule has 0 saturated carbocycles. The molecule has 1 aromatic carbocycles. The van der Waals surface area contributed by atoms with E-state index in [1.165, 1.54) is 6.07 Å². The van der Waals surface area contributed by atoms with Gasteiger partial charge in [0.25, 0.3) is 0 Å². The molecule has 1 saturated heterocycles. The molecule has 2 rings (SSSR count). The molecule has 1 aliphatic rings. The first-order chi connectivity index (χ1) is 9.82. The van der Waals surface area contributed by atoms with Crippen molar-refractivity contribution >= 4 is 11.5 Å². The van der Waals surface area contributed by atoms with E-state index in [9.17, 15) is 13.2 Å². The van der Waals surface area contributed by atoms with Crippen LogP contribution in [0, 0.1) is 11.3 Å². The number of nitrogen functional groups attached to an aromatic ring is 1. The highest BCUT2D eigenvalue weighted by molar-refractivity contribution is 5.97. The van der Waals surface area contributed by atoms with Gasteiger partial charge >= 0.3 is 6.18 Å². The summed E-state index contributed by atoms with van der Waals surface area (Å²) in [5.74, 6) is -0.368. The van der Waals surface area contributed by atoms with Gasteiger partial charge in [-0.15, -0.1) is 0 Å². The van der Waals surface area contributed by atoms with Crippen LogP contribution in [-0.4, -0.2) is 30.6 Å². The van der Waals surface area contributed by atoms with Gasteiger partial charge in [0.1, 0.15) is 5.84 Å². The number of nitrogens with zero attached hydrogens (tertiary/aromatic N) is 1. The monoisotopic (exact) mass is 301 g/mol. The zero-order chi connectivity index (χ0) is 15.6.